The van der Waals surface area contributed by atoms with E-state index in [9.17, 15) is 9.90 Å². The number of hydrogen-bond acceptors (Lipinski definition) is 4. The van der Waals surface area contributed by atoms with Gasteiger partial charge < -0.3 is 19.5 Å². The summed E-state index contributed by atoms with van der Waals surface area (Å²) in [4.78, 5) is 13.9. The monoisotopic (exact) mass is 257 g/mol. The van der Waals surface area contributed by atoms with Gasteiger partial charge in [-0.25, -0.2) is 4.79 Å². The molecule has 2 fully saturated rings. The molecule has 0 bridgehead atoms. The fraction of sp³-hybridized carbons (Fsp3) is 0.923. The normalized spacial score (nSPS) is 32.2. The van der Waals surface area contributed by atoms with E-state index in [2.05, 4.69) is 0 Å². The number of fused-ring (bicyclic) bond motifs is 1. The van der Waals surface area contributed by atoms with Crippen LogP contribution >= 0.6 is 0 Å². The van der Waals surface area contributed by atoms with Gasteiger partial charge in [-0.05, 0) is 39.5 Å². The van der Waals surface area contributed by atoms with E-state index < -0.39 is 5.60 Å². The maximum absolute atomic E-state index is 12.1. The van der Waals surface area contributed by atoms with Crippen LogP contribution in [-0.4, -0.2) is 53.6 Å². The zero-order valence-corrected chi connectivity index (χ0v) is 11.4. The van der Waals surface area contributed by atoms with Crippen LogP contribution in [-0.2, 0) is 9.47 Å². The summed E-state index contributed by atoms with van der Waals surface area (Å²) >= 11 is 0. The zero-order valence-electron chi connectivity index (χ0n) is 11.4. The van der Waals surface area contributed by atoms with Crippen LogP contribution < -0.4 is 0 Å². The quantitative estimate of drug-likeness (QED) is 0.771. The van der Waals surface area contributed by atoms with Crippen LogP contribution in [0.1, 0.15) is 33.6 Å². The minimum absolute atomic E-state index is 0.0587. The van der Waals surface area contributed by atoms with Gasteiger partial charge in [-0.15, -0.1) is 0 Å². The lowest BCUT2D eigenvalue weighted by Gasteiger charge is -2.38. The smallest absolute Gasteiger partial charge is 0.410 e. The topological polar surface area (TPSA) is 59.0 Å². The predicted molar refractivity (Wildman–Crippen MR) is 66.3 cm³/mol. The molecule has 1 saturated heterocycles. The lowest BCUT2D eigenvalue weighted by molar-refractivity contribution is -0.0635. The number of nitrogens with zero attached hydrogens (tertiary/aromatic N) is 1. The molecule has 0 spiro atoms. The fourth-order valence-electron chi connectivity index (χ4n) is 2.75. The van der Waals surface area contributed by atoms with Crippen molar-refractivity contribution in [2.24, 2.45) is 5.92 Å². The van der Waals surface area contributed by atoms with Crippen molar-refractivity contribution in [3.8, 4) is 0 Å². The summed E-state index contributed by atoms with van der Waals surface area (Å²) in [6.45, 7) is 6.90. The molecule has 3 atom stereocenters. The van der Waals surface area contributed by atoms with Crippen molar-refractivity contribution in [3.05, 3.63) is 0 Å². The van der Waals surface area contributed by atoms with Crippen molar-refractivity contribution >= 4 is 6.09 Å². The number of aliphatic hydroxyl groups is 1. The Bertz CT molecular complexity index is 313. The molecule has 1 amide bonds. The van der Waals surface area contributed by atoms with E-state index in [1.54, 1.807) is 4.90 Å². The number of amides is 1. The molecule has 0 aromatic carbocycles. The molecule has 2 rings (SSSR count). The number of morpholine rings is 1. The number of carbonyl (C=O) groups excluding carboxylic acids is 1. The third-order valence-corrected chi connectivity index (χ3v) is 3.52. The summed E-state index contributed by atoms with van der Waals surface area (Å²) in [5.74, 6) is 0.239. The summed E-state index contributed by atoms with van der Waals surface area (Å²) < 4.78 is 11.1. The standard InChI is InChI=1S/C13H23NO4/c1-13(2,3)18-12(16)14-4-5-17-11-7-9(8-15)6-10(11)14/h9-11,15H,4-8H2,1-3H3. The molecule has 0 aromatic rings. The lowest BCUT2D eigenvalue weighted by Crippen LogP contribution is -2.52. The SMILES string of the molecule is CC(C)(C)OC(=O)N1CCOC2CC(CO)CC21. The highest BCUT2D eigenvalue weighted by Crippen LogP contribution is 2.34. The molecule has 1 N–H and O–H groups in total. The molecule has 0 aromatic heterocycles. The molecule has 18 heavy (non-hydrogen) atoms. The van der Waals surface area contributed by atoms with Crippen molar-refractivity contribution in [3.63, 3.8) is 0 Å². The first-order chi connectivity index (χ1) is 8.40. The number of hydrogen-bond donors (Lipinski definition) is 1. The van der Waals surface area contributed by atoms with E-state index in [0.29, 0.717) is 13.2 Å². The maximum atomic E-state index is 12.1. The summed E-state index contributed by atoms with van der Waals surface area (Å²) in [6, 6.07) is 0.0609. The van der Waals surface area contributed by atoms with E-state index in [4.69, 9.17) is 9.47 Å². The van der Waals surface area contributed by atoms with E-state index >= 15 is 0 Å². The molecule has 1 aliphatic carbocycles. The Labute approximate surface area is 108 Å². The van der Waals surface area contributed by atoms with Gasteiger partial charge in [0.1, 0.15) is 5.60 Å². The summed E-state index contributed by atoms with van der Waals surface area (Å²) in [6.07, 6.45) is 1.43. The first-order valence-corrected chi connectivity index (χ1v) is 6.63. The Balaban J connectivity index is 2.02. The molecular formula is C13H23NO4. The minimum Gasteiger partial charge on any atom is -0.444 e. The fourth-order valence-corrected chi connectivity index (χ4v) is 2.75. The minimum atomic E-state index is -0.472. The first-order valence-electron chi connectivity index (χ1n) is 6.63. The van der Waals surface area contributed by atoms with Crippen LogP contribution in [0.15, 0.2) is 0 Å². The van der Waals surface area contributed by atoms with Gasteiger partial charge >= 0.3 is 6.09 Å². The van der Waals surface area contributed by atoms with Gasteiger partial charge in [-0.2, -0.15) is 0 Å². The highest BCUT2D eigenvalue weighted by molar-refractivity contribution is 5.68. The first kappa shape index (κ1) is 13.6. The predicted octanol–water partition coefficient (Wildman–Crippen LogP) is 1.39. The van der Waals surface area contributed by atoms with Crippen molar-refractivity contribution in [1.82, 2.24) is 4.90 Å². The van der Waals surface area contributed by atoms with Gasteiger partial charge in [0.25, 0.3) is 0 Å². The van der Waals surface area contributed by atoms with Crippen LogP contribution in [0.3, 0.4) is 0 Å². The van der Waals surface area contributed by atoms with E-state index in [0.717, 1.165) is 12.8 Å². The number of carbonyl (C=O) groups is 1. The van der Waals surface area contributed by atoms with Gasteiger partial charge in [0.05, 0.1) is 18.8 Å². The average molecular weight is 257 g/mol. The van der Waals surface area contributed by atoms with Gasteiger partial charge in [-0.3, -0.25) is 0 Å². The Morgan fingerprint density at radius 1 is 1.44 bits per heavy atom. The van der Waals surface area contributed by atoms with E-state index in [-0.39, 0.29) is 30.8 Å². The summed E-state index contributed by atoms with van der Waals surface area (Å²) in [7, 11) is 0. The molecule has 5 heteroatoms. The number of rotatable bonds is 1. The zero-order chi connectivity index (χ0) is 13.3. The third kappa shape index (κ3) is 2.95. The van der Waals surface area contributed by atoms with Crippen LogP contribution in [0.5, 0.6) is 0 Å². The van der Waals surface area contributed by atoms with Crippen LogP contribution in [0.2, 0.25) is 0 Å². The van der Waals surface area contributed by atoms with Crippen molar-refractivity contribution in [2.45, 2.75) is 51.4 Å². The van der Waals surface area contributed by atoms with E-state index in [1.807, 2.05) is 20.8 Å². The van der Waals surface area contributed by atoms with Gasteiger partial charge in [-0.1, -0.05) is 0 Å². The van der Waals surface area contributed by atoms with Gasteiger partial charge in [0, 0.05) is 13.2 Å². The number of aliphatic hydroxyl groups excluding tert-OH is 1. The molecule has 104 valence electrons. The highest BCUT2D eigenvalue weighted by atomic mass is 16.6. The van der Waals surface area contributed by atoms with Gasteiger partial charge in [0.2, 0.25) is 0 Å². The summed E-state index contributed by atoms with van der Waals surface area (Å²) in [5.41, 5.74) is -0.472. The number of ether oxygens (including phenoxy) is 2. The van der Waals surface area contributed by atoms with Crippen LogP contribution in [0, 0.1) is 5.92 Å². The van der Waals surface area contributed by atoms with Crippen LogP contribution in [0.4, 0.5) is 4.79 Å². The molecule has 5 nitrogen and oxygen atoms in total. The highest BCUT2D eigenvalue weighted by Gasteiger charge is 2.43. The maximum Gasteiger partial charge on any atom is 0.410 e. The summed E-state index contributed by atoms with van der Waals surface area (Å²) in [5, 5.41) is 9.23. The molecule has 0 radical (unpaired) electrons. The molecule has 2 aliphatic rings. The van der Waals surface area contributed by atoms with E-state index in [1.165, 1.54) is 0 Å². The van der Waals surface area contributed by atoms with Crippen molar-refractivity contribution in [2.75, 3.05) is 19.8 Å². The Hall–Kier alpha value is -0.810. The largest absolute Gasteiger partial charge is 0.444 e. The molecule has 1 heterocycles. The second-order valence-corrected chi connectivity index (χ2v) is 6.17. The molecule has 1 saturated carbocycles. The van der Waals surface area contributed by atoms with Gasteiger partial charge in [0.15, 0.2) is 0 Å². The Morgan fingerprint density at radius 3 is 2.78 bits per heavy atom. The van der Waals surface area contributed by atoms with Crippen LogP contribution in [0.25, 0.3) is 0 Å². The Kier molecular flexibility index (Phi) is 3.82. The van der Waals surface area contributed by atoms with Crippen molar-refractivity contribution in [1.29, 1.82) is 0 Å². The second-order valence-electron chi connectivity index (χ2n) is 6.17. The Morgan fingerprint density at radius 2 is 2.17 bits per heavy atom. The lowest BCUT2D eigenvalue weighted by atomic mass is 10.1. The van der Waals surface area contributed by atoms with Crippen molar-refractivity contribution < 1.29 is 19.4 Å². The third-order valence-electron chi connectivity index (χ3n) is 3.52. The average Bonchev–Trinajstić information content (AvgIpc) is 2.68. The molecule has 1 aliphatic heterocycles. The molecule has 3 unspecified atom stereocenters. The second kappa shape index (κ2) is 5.05. The molecular weight excluding hydrogens is 234 g/mol.